The maximum Gasteiger partial charge on any atom is 0.281 e. The van der Waals surface area contributed by atoms with E-state index in [1.54, 1.807) is 19.4 Å². The molecule has 0 atom stereocenters. The van der Waals surface area contributed by atoms with Crippen molar-refractivity contribution in [3.05, 3.63) is 24.2 Å². The fraction of sp³-hybridized carbons (Fsp3) is 0.556. The molecule has 86 valence electrons. The lowest BCUT2D eigenvalue weighted by Crippen LogP contribution is -2.38. The van der Waals surface area contributed by atoms with Crippen molar-refractivity contribution in [3.8, 4) is 0 Å². The maximum atomic E-state index is 11.6. The van der Waals surface area contributed by atoms with Crippen molar-refractivity contribution in [1.29, 1.82) is 0 Å². The molecule has 0 radical (unpaired) electrons. The van der Waals surface area contributed by atoms with Crippen LogP contribution in [0, 0.1) is 0 Å². The third-order valence-electron chi connectivity index (χ3n) is 2.11. The van der Waals surface area contributed by atoms with Crippen LogP contribution in [0.1, 0.15) is 5.76 Å². The molecule has 0 amide bonds. The smallest absolute Gasteiger partial charge is 0.281 e. The minimum atomic E-state index is -3.31. The Hall–Kier alpha value is -0.850. The summed E-state index contributed by atoms with van der Waals surface area (Å²) in [5.74, 6) is 0.788. The molecule has 1 aromatic heterocycles. The topological polar surface area (TPSA) is 53.8 Å². The standard InChI is InChI=1S/C9H16N2O3S/c1-10(2)15(12,13)11(3)7-6-9-5-4-8-14-9/h4-5,8H,6-7H2,1-3H3. The van der Waals surface area contributed by atoms with Crippen molar-refractivity contribution in [2.75, 3.05) is 27.7 Å². The van der Waals surface area contributed by atoms with E-state index in [-0.39, 0.29) is 0 Å². The number of hydrogen-bond donors (Lipinski definition) is 0. The highest BCUT2D eigenvalue weighted by molar-refractivity contribution is 7.86. The van der Waals surface area contributed by atoms with Crippen LogP contribution < -0.4 is 0 Å². The van der Waals surface area contributed by atoms with E-state index in [4.69, 9.17) is 4.42 Å². The largest absolute Gasteiger partial charge is 0.469 e. The quantitative estimate of drug-likeness (QED) is 0.745. The molecule has 0 fully saturated rings. The summed E-state index contributed by atoms with van der Waals surface area (Å²) < 4.78 is 30.8. The predicted octanol–water partition coefficient (Wildman–Crippen LogP) is 0.560. The number of furan rings is 1. The SMILES string of the molecule is CN(C)S(=O)(=O)N(C)CCc1ccco1. The van der Waals surface area contributed by atoms with Gasteiger partial charge in [-0.15, -0.1) is 0 Å². The van der Waals surface area contributed by atoms with Crippen LogP contribution in [-0.2, 0) is 16.6 Å². The lowest BCUT2D eigenvalue weighted by atomic mass is 10.3. The second-order valence-corrected chi connectivity index (χ2v) is 5.69. The normalized spacial score (nSPS) is 12.6. The highest BCUT2D eigenvalue weighted by atomic mass is 32.2. The van der Waals surface area contributed by atoms with Gasteiger partial charge in [0.2, 0.25) is 0 Å². The van der Waals surface area contributed by atoms with Crippen LogP contribution in [0.2, 0.25) is 0 Å². The molecule has 0 unspecified atom stereocenters. The Bertz CT molecular complexity index is 383. The molecule has 6 heteroatoms. The van der Waals surface area contributed by atoms with Gasteiger partial charge in [-0.1, -0.05) is 0 Å². The molecule has 1 rings (SSSR count). The van der Waals surface area contributed by atoms with Crippen molar-refractivity contribution in [3.63, 3.8) is 0 Å². The summed E-state index contributed by atoms with van der Waals surface area (Å²) in [6, 6.07) is 3.62. The lowest BCUT2D eigenvalue weighted by molar-refractivity contribution is 0.406. The Morgan fingerprint density at radius 1 is 1.33 bits per heavy atom. The van der Waals surface area contributed by atoms with Crippen LogP contribution in [-0.4, -0.2) is 44.7 Å². The molecule has 0 aliphatic rings. The van der Waals surface area contributed by atoms with Crippen LogP contribution in [0.15, 0.2) is 22.8 Å². The molecule has 1 aromatic rings. The van der Waals surface area contributed by atoms with Crippen molar-refractivity contribution in [2.45, 2.75) is 6.42 Å². The van der Waals surface area contributed by atoms with E-state index in [9.17, 15) is 8.42 Å². The third kappa shape index (κ3) is 3.05. The molecular formula is C9H16N2O3S. The van der Waals surface area contributed by atoms with Crippen LogP contribution in [0.25, 0.3) is 0 Å². The second-order valence-electron chi connectivity index (χ2n) is 3.44. The highest BCUT2D eigenvalue weighted by Gasteiger charge is 2.19. The highest BCUT2D eigenvalue weighted by Crippen LogP contribution is 2.05. The summed E-state index contributed by atoms with van der Waals surface area (Å²) in [5.41, 5.74) is 0. The van der Waals surface area contributed by atoms with E-state index in [0.717, 1.165) is 5.76 Å². The summed E-state index contributed by atoms with van der Waals surface area (Å²) >= 11 is 0. The van der Waals surface area contributed by atoms with Crippen molar-refractivity contribution in [2.24, 2.45) is 0 Å². The van der Waals surface area contributed by atoms with E-state index >= 15 is 0 Å². The molecule has 0 bridgehead atoms. The van der Waals surface area contributed by atoms with Crippen LogP contribution in [0.3, 0.4) is 0 Å². The molecular weight excluding hydrogens is 216 g/mol. The molecule has 0 saturated heterocycles. The summed E-state index contributed by atoms with van der Waals surface area (Å²) in [6.45, 7) is 0.411. The maximum absolute atomic E-state index is 11.6. The minimum Gasteiger partial charge on any atom is -0.469 e. The van der Waals surface area contributed by atoms with E-state index in [2.05, 4.69) is 0 Å². The first-order chi connectivity index (χ1) is 6.94. The van der Waals surface area contributed by atoms with Gasteiger partial charge in [0.25, 0.3) is 10.2 Å². The number of nitrogens with zero attached hydrogens (tertiary/aromatic N) is 2. The van der Waals surface area contributed by atoms with E-state index in [0.29, 0.717) is 13.0 Å². The van der Waals surface area contributed by atoms with Gasteiger partial charge in [-0.2, -0.15) is 17.0 Å². The molecule has 0 saturated carbocycles. The zero-order valence-corrected chi connectivity index (χ0v) is 9.99. The van der Waals surface area contributed by atoms with Gasteiger partial charge in [0.05, 0.1) is 6.26 Å². The summed E-state index contributed by atoms with van der Waals surface area (Å²) in [6.07, 6.45) is 2.16. The fourth-order valence-electron chi connectivity index (χ4n) is 1.12. The molecule has 0 N–H and O–H groups in total. The van der Waals surface area contributed by atoms with Crippen molar-refractivity contribution in [1.82, 2.24) is 8.61 Å². The molecule has 0 aliphatic carbocycles. The van der Waals surface area contributed by atoms with Crippen LogP contribution in [0.5, 0.6) is 0 Å². The van der Waals surface area contributed by atoms with Gasteiger partial charge in [-0.05, 0) is 12.1 Å². The minimum absolute atomic E-state index is 0.411. The van der Waals surface area contributed by atoms with Crippen LogP contribution >= 0.6 is 0 Å². The molecule has 15 heavy (non-hydrogen) atoms. The monoisotopic (exact) mass is 232 g/mol. The Morgan fingerprint density at radius 3 is 2.47 bits per heavy atom. The van der Waals surface area contributed by atoms with E-state index in [1.165, 1.54) is 22.7 Å². The Labute approximate surface area is 90.5 Å². The van der Waals surface area contributed by atoms with Crippen molar-refractivity contribution >= 4 is 10.2 Å². The number of likely N-dealkylation sites (N-methyl/N-ethyl adjacent to an activating group) is 1. The molecule has 0 spiro atoms. The second kappa shape index (κ2) is 4.78. The van der Waals surface area contributed by atoms with Crippen molar-refractivity contribution < 1.29 is 12.8 Å². The average Bonchev–Trinajstić information content (AvgIpc) is 2.66. The number of rotatable bonds is 5. The third-order valence-corrected chi connectivity index (χ3v) is 4.00. The van der Waals surface area contributed by atoms with Gasteiger partial charge in [0.15, 0.2) is 0 Å². The summed E-state index contributed by atoms with van der Waals surface area (Å²) in [4.78, 5) is 0. The Kier molecular flexibility index (Phi) is 3.90. The van der Waals surface area contributed by atoms with Gasteiger partial charge in [-0.25, -0.2) is 0 Å². The Balaban J connectivity index is 2.53. The fourth-order valence-corrected chi connectivity index (χ4v) is 2.00. The zero-order chi connectivity index (χ0) is 11.5. The predicted molar refractivity (Wildman–Crippen MR) is 57.6 cm³/mol. The number of hydrogen-bond acceptors (Lipinski definition) is 3. The van der Waals surface area contributed by atoms with Gasteiger partial charge < -0.3 is 4.42 Å². The first-order valence-corrected chi connectivity index (χ1v) is 6.00. The average molecular weight is 232 g/mol. The first-order valence-electron chi connectivity index (χ1n) is 4.61. The Morgan fingerprint density at radius 2 is 2.00 bits per heavy atom. The van der Waals surface area contributed by atoms with Crippen LogP contribution in [0.4, 0.5) is 0 Å². The molecule has 1 heterocycles. The van der Waals surface area contributed by atoms with Gasteiger partial charge in [0, 0.05) is 34.1 Å². The van der Waals surface area contributed by atoms with Gasteiger partial charge >= 0.3 is 0 Å². The molecule has 0 aliphatic heterocycles. The molecule has 0 aromatic carbocycles. The summed E-state index contributed by atoms with van der Waals surface area (Å²) in [5, 5.41) is 0. The first kappa shape index (κ1) is 12.2. The van der Waals surface area contributed by atoms with Gasteiger partial charge in [-0.3, -0.25) is 0 Å². The molecule has 5 nitrogen and oxygen atoms in total. The zero-order valence-electron chi connectivity index (χ0n) is 9.17. The summed E-state index contributed by atoms with van der Waals surface area (Å²) in [7, 11) is 1.27. The van der Waals surface area contributed by atoms with E-state index < -0.39 is 10.2 Å². The lowest BCUT2D eigenvalue weighted by Gasteiger charge is -2.20. The van der Waals surface area contributed by atoms with E-state index in [1.807, 2.05) is 6.07 Å². The van der Waals surface area contributed by atoms with Gasteiger partial charge in [0.1, 0.15) is 5.76 Å².